The van der Waals surface area contributed by atoms with Gasteiger partial charge in [0.2, 0.25) is 0 Å². The number of fused-ring (bicyclic) bond motifs is 1. The van der Waals surface area contributed by atoms with Gasteiger partial charge in [-0.15, -0.1) is 0 Å². The van der Waals surface area contributed by atoms with Crippen LogP contribution >= 0.6 is 0 Å². The maximum atomic E-state index is 10.8. The Labute approximate surface area is 82.3 Å². The van der Waals surface area contributed by atoms with Crippen molar-refractivity contribution >= 4 is 5.97 Å². The highest BCUT2D eigenvalue weighted by Crippen LogP contribution is 2.30. The predicted molar refractivity (Wildman–Crippen MR) is 45.8 cm³/mol. The second kappa shape index (κ2) is 3.84. The third-order valence-corrected chi connectivity index (χ3v) is 2.58. The molecule has 14 heavy (non-hydrogen) atoms. The molecule has 0 aliphatic carbocycles. The van der Waals surface area contributed by atoms with Crippen molar-refractivity contribution in [3.63, 3.8) is 0 Å². The van der Waals surface area contributed by atoms with Crippen LogP contribution in [0.3, 0.4) is 0 Å². The van der Waals surface area contributed by atoms with Crippen LogP contribution in [-0.2, 0) is 23.7 Å². The summed E-state index contributed by atoms with van der Waals surface area (Å²) >= 11 is 0. The minimum atomic E-state index is -0.302. The van der Waals surface area contributed by atoms with Crippen LogP contribution in [0.4, 0.5) is 0 Å². The van der Waals surface area contributed by atoms with Gasteiger partial charge >= 0.3 is 5.97 Å². The van der Waals surface area contributed by atoms with Crippen LogP contribution in [0, 0.1) is 0 Å². The van der Waals surface area contributed by atoms with Gasteiger partial charge in [-0.1, -0.05) is 0 Å². The van der Waals surface area contributed by atoms with Gasteiger partial charge in [0.05, 0.1) is 13.2 Å². The number of carbonyl (C=O) groups is 1. The summed E-state index contributed by atoms with van der Waals surface area (Å²) in [5, 5.41) is 0. The molecule has 0 aromatic carbocycles. The molecule has 0 spiro atoms. The third kappa shape index (κ3) is 1.63. The summed E-state index contributed by atoms with van der Waals surface area (Å²) in [6.45, 7) is 2.29. The van der Waals surface area contributed by atoms with Crippen molar-refractivity contribution in [1.82, 2.24) is 0 Å². The zero-order valence-electron chi connectivity index (χ0n) is 8.26. The Morgan fingerprint density at radius 3 is 2.36 bits per heavy atom. The predicted octanol–water partition coefficient (Wildman–Crippen LogP) is -0.269. The molecule has 2 aliphatic rings. The van der Waals surface area contributed by atoms with Crippen molar-refractivity contribution in [2.45, 2.75) is 31.3 Å². The molecule has 2 aliphatic heterocycles. The summed E-state index contributed by atoms with van der Waals surface area (Å²) in [6.07, 6.45) is -0.577. The highest BCUT2D eigenvalue weighted by Gasteiger charge is 2.49. The Bertz CT molecular complexity index is 229. The van der Waals surface area contributed by atoms with E-state index in [9.17, 15) is 4.79 Å². The van der Waals surface area contributed by atoms with E-state index in [4.69, 9.17) is 18.9 Å². The standard InChI is InChI=1S/C9H14O5/c1-5(10)14-7-4-13-8-6(11-2)3-12-9(7)8/h6-9H,3-4H2,1-2H3/t6-,7-,8+,9+/m0/s1. The first-order chi connectivity index (χ1) is 6.72. The summed E-state index contributed by atoms with van der Waals surface area (Å²) in [6, 6.07) is 0. The van der Waals surface area contributed by atoms with Crippen LogP contribution in [0.1, 0.15) is 6.92 Å². The number of rotatable bonds is 2. The lowest BCUT2D eigenvalue weighted by atomic mass is 10.1. The first-order valence-electron chi connectivity index (χ1n) is 4.65. The maximum absolute atomic E-state index is 10.8. The molecular formula is C9H14O5. The second-order valence-corrected chi connectivity index (χ2v) is 3.52. The Hall–Kier alpha value is -0.650. The summed E-state index contributed by atoms with van der Waals surface area (Å²) in [5.74, 6) is -0.302. The molecule has 2 saturated heterocycles. The molecule has 0 radical (unpaired) electrons. The third-order valence-electron chi connectivity index (χ3n) is 2.58. The quantitative estimate of drug-likeness (QED) is 0.577. The molecule has 5 nitrogen and oxygen atoms in total. The fourth-order valence-electron chi connectivity index (χ4n) is 1.95. The van der Waals surface area contributed by atoms with Gasteiger partial charge in [0, 0.05) is 14.0 Å². The van der Waals surface area contributed by atoms with Crippen molar-refractivity contribution in [3.05, 3.63) is 0 Å². The van der Waals surface area contributed by atoms with E-state index in [1.165, 1.54) is 6.92 Å². The first-order valence-corrected chi connectivity index (χ1v) is 4.65. The topological polar surface area (TPSA) is 54.0 Å². The van der Waals surface area contributed by atoms with Gasteiger partial charge in [-0.05, 0) is 0 Å². The average Bonchev–Trinajstić information content (AvgIpc) is 2.67. The van der Waals surface area contributed by atoms with Crippen LogP contribution in [0.2, 0.25) is 0 Å². The van der Waals surface area contributed by atoms with E-state index in [2.05, 4.69) is 0 Å². The van der Waals surface area contributed by atoms with Gasteiger partial charge in [0.15, 0.2) is 6.10 Å². The minimum Gasteiger partial charge on any atom is -0.457 e. The van der Waals surface area contributed by atoms with Crippen LogP contribution in [-0.4, -0.2) is 50.7 Å². The lowest BCUT2D eigenvalue weighted by molar-refractivity contribution is -0.151. The highest BCUT2D eigenvalue weighted by atomic mass is 16.6. The number of hydrogen-bond acceptors (Lipinski definition) is 5. The molecule has 80 valence electrons. The lowest BCUT2D eigenvalue weighted by Gasteiger charge is -2.15. The molecule has 0 saturated carbocycles. The van der Waals surface area contributed by atoms with E-state index in [-0.39, 0.29) is 30.4 Å². The molecule has 0 unspecified atom stereocenters. The number of carbonyl (C=O) groups excluding carboxylic acids is 1. The van der Waals surface area contributed by atoms with Crippen LogP contribution < -0.4 is 0 Å². The van der Waals surface area contributed by atoms with Gasteiger partial charge in [-0.25, -0.2) is 0 Å². The number of methoxy groups -OCH3 is 1. The molecule has 2 rings (SSSR count). The van der Waals surface area contributed by atoms with Crippen molar-refractivity contribution in [2.75, 3.05) is 20.3 Å². The van der Waals surface area contributed by atoms with Gasteiger partial charge < -0.3 is 18.9 Å². The Morgan fingerprint density at radius 1 is 1.21 bits per heavy atom. The maximum Gasteiger partial charge on any atom is 0.303 e. The summed E-state index contributed by atoms with van der Waals surface area (Å²) in [4.78, 5) is 10.8. The summed E-state index contributed by atoms with van der Waals surface area (Å²) in [5.41, 5.74) is 0. The molecule has 0 bridgehead atoms. The monoisotopic (exact) mass is 202 g/mol. The van der Waals surface area contributed by atoms with E-state index in [0.29, 0.717) is 13.2 Å². The van der Waals surface area contributed by atoms with Gasteiger partial charge in [-0.2, -0.15) is 0 Å². The zero-order chi connectivity index (χ0) is 10.1. The van der Waals surface area contributed by atoms with Gasteiger partial charge in [-0.3, -0.25) is 4.79 Å². The SMILES string of the molecule is CO[C@H]1CO[C@H]2[C@@H]1OC[C@@H]2OC(C)=O. The molecule has 0 N–H and O–H groups in total. The normalized spacial score (nSPS) is 41.0. The average molecular weight is 202 g/mol. The van der Waals surface area contributed by atoms with Crippen molar-refractivity contribution in [3.8, 4) is 0 Å². The Kier molecular flexibility index (Phi) is 2.71. The van der Waals surface area contributed by atoms with Crippen LogP contribution in [0.15, 0.2) is 0 Å². The van der Waals surface area contributed by atoms with Crippen molar-refractivity contribution in [1.29, 1.82) is 0 Å². The largest absolute Gasteiger partial charge is 0.457 e. The van der Waals surface area contributed by atoms with Crippen molar-refractivity contribution < 1.29 is 23.7 Å². The highest BCUT2D eigenvalue weighted by molar-refractivity contribution is 5.66. The van der Waals surface area contributed by atoms with E-state index in [0.717, 1.165) is 0 Å². The zero-order valence-corrected chi connectivity index (χ0v) is 8.26. The lowest BCUT2D eigenvalue weighted by Crippen LogP contribution is -2.34. The molecule has 5 heteroatoms. The fraction of sp³-hybridized carbons (Fsp3) is 0.889. The molecule has 4 atom stereocenters. The molecule has 0 aromatic heterocycles. The smallest absolute Gasteiger partial charge is 0.303 e. The van der Waals surface area contributed by atoms with Crippen LogP contribution in [0.5, 0.6) is 0 Å². The van der Waals surface area contributed by atoms with Gasteiger partial charge in [0.25, 0.3) is 0 Å². The Balaban J connectivity index is 1.97. The number of esters is 1. The number of hydrogen-bond donors (Lipinski definition) is 0. The fourth-order valence-corrected chi connectivity index (χ4v) is 1.95. The molecule has 0 aromatic rings. The minimum absolute atomic E-state index is 0.0411. The second-order valence-electron chi connectivity index (χ2n) is 3.52. The first kappa shape index (κ1) is 9.89. The van der Waals surface area contributed by atoms with Crippen LogP contribution in [0.25, 0.3) is 0 Å². The van der Waals surface area contributed by atoms with E-state index in [1.54, 1.807) is 7.11 Å². The molecule has 2 fully saturated rings. The molecular weight excluding hydrogens is 188 g/mol. The van der Waals surface area contributed by atoms with E-state index >= 15 is 0 Å². The molecule has 0 amide bonds. The van der Waals surface area contributed by atoms with E-state index in [1.807, 2.05) is 0 Å². The Morgan fingerprint density at radius 2 is 1.79 bits per heavy atom. The summed E-state index contributed by atoms with van der Waals surface area (Å²) < 4.78 is 21.2. The number of ether oxygens (including phenoxy) is 4. The van der Waals surface area contributed by atoms with Crippen molar-refractivity contribution in [2.24, 2.45) is 0 Å². The molecule has 2 heterocycles. The van der Waals surface area contributed by atoms with Gasteiger partial charge in [0.1, 0.15) is 18.3 Å². The summed E-state index contributed by atoms with van der Waals surface area (Å²) in [7, 11) is 1.62. The van der Waals surface area contributed by atoms with E-state index < -0.39 is 0 Å².